The maximum Gasteiger partial charge on any atom is 0.213 e. The fraction of sp³-hybridized carbons (Fsp3) is 0.167. The topological polar surface area (TPSA) is 60.2 Å². The Morgan fingerprint density at radius 2 is 1.55 bits per heavy atom. The molecular formula is C24H23N3O2. The Hall–Kier alpha value is -3.44. The average molecular weight is 385 g/mol. The van der Waals surface area contributed by atoms with Crippen LogP contribution in [0.2, 0.25) is 0 Å². The smallest absolute Gasteiger partial charge is 0.213 e. The van der Waals surface area contributed by atoms with Gasteiger partial charge in [0.25, 0.3) is 0 Å². The molecule has 5 nitrogen and oxygen atoms in total. The third kappa shape index (κ3) is 4.05. The molecule has 1 N–H and O–H groups in total. The van der Waals surface area contributed by atoms with E-state index < -0.39 is 6.10 Å². The van der Waals surface area contributed by atoms with E-state index in [2.05, 4.69) is 10.3 Å². The van der Waals surface area contributed by atoms with Crippen LogP contribution >= 0.6 is 0 Å². The molecule has 0 radical (unpaired) electrons. The summed E-state index contributed by atoms with van der Waals surface area (Å²) < 4.78 is 7.63. The second-order valence-corrected chi connectivity index (χ2v) is 6.72. The molecule has 29 heavy (non-hydrogen) atoms. The average Bonchev–Trinajstić information content (AvgIpc) is 3.21. The Labute approximate surface area is 169 Å². The summed E-state index contributed by atoms with van der Waals surface area (Å²) in [5, 5.41) is 19.7. The molecule has 3 aromatic carbocycles. The molecule has 0 aliphatic rings. The SMILES string of the molecule is CCO/C(=C/C(c1ccccc1)C(O)c1ccccc1)n1nnc2ccccc21. The van der Waals surface area contributed by atoms with E-state index in [1.165, 1.54) is 0 Å². The number of rotatable bonds is 7. The van der Waals surface area contributed by atoms with Crippen LogP contribution in [0.3, 0.4) is 0 Å². The number of nitrogens with zero attached hydrogens (tertiary/aromatic N) is 3. The second-order valence-electron chi connectivity index (χ2n) is 6.72. The van der Waals surface area contributed by atoms with Crippen molar-refractivity contribution in [2.75, 3.05) is 6.61 Å². The van der Waals surface area contributed by atoms with Crippen molar-refractivity contribution in [3.05, 3.63) is 102 Å². The highest BCUT2D eigenvalue weighted by molar-refractivity contribution is 5.77. The third-order valence-corrected chi connectivity index (χ3v) is 4.84. The maximum absolute atomic E-state index is 11.2. The Morgan fingerprint density at radius 3 is 2.24 bits per heavy atom. The van der Waals surface area contributed by atoms with Gasteiger partial charge < -0.3 is 9.84 Å². The summed E-state index contributed by atoms with van der Waals surface area (Å²) in [5.41, 5.74) is 3.48. The van der Waals surface area contributed by atoms with Gasteiger partial charge in [-0.25, -0.2) is 0 Å². The first-order chi connectivity index (χ1) is 14.3. The molecule has 1 heterocycles. The lowest BCUT2D eigenvalue weighted by Gasteiger charge is -2.22. The molecule has 146 valence electrons. The van der Waals surface area contributed by atoms with Gasteiger partial charge in [0.1, 0.15) is 5.52 Å². The highest BCUT2D eigenvalue weighted by Crippen LogP contribution is 2.34. The van der Waals surface area contributed by atoms with Crippen molar-refractivity contribution in [3.8, 4) is 0 Å². The van der Waals surface area contributed by atoms with Crippen LogP contribution in [0.5, 0.6) is 0 Å². The zero-order valence-corrected chi connectivity index (χ0v) is 16.2. The fourth-order valence-corrected chi connectivity index (χ4v) is 3.42. The molecule has 0 saturated carbocycles. The molecule has 0 spiro atoms. The molecular weight excluding hydrogens is 362 g/mol. The summed E-state index contributed by atoms with van der Waals surface area (Å²) >= 11 is 0. The standard InChI is InChI=1S/C24H23N3O2/c1-2-29-23(27-22-16-10-9-15-21(22)25-26-27)17-20(18-11-5-3-6-12-18)24(28)19-13-7-4-8-14-19/h3-17,20,24,28H,2H2,1H3/b23-17+. The number of fused-ring (bicyclic) bond motifs is 1. The van der Waals surface area contributed by atoms with Crippen molar-refractivity contribution in [1.82, 2.24) is 15.0 Å². The number of para-hydroxylation sites is 1. The molecule has 2 unspecified atom stereocenters. The van der Waals surface area contributed by atoms with Crippen molar-refractivity contribution in [1.29, 1.82) is 0 Å². The highest BCUT2D eigenvalue weighted by atomic mass is 16.5. The summed E-state index contributed by atoms with van der Waals surface area (Å²) in [7, 11) is 0. The quantitative estimate of drug-likeness (QED) is 0.465. The zero-order valence-electron chi connectivity index (χ0n) is 16.2. The van der Waals surface area contributed by atoms with Crippen LogP contribution in [0, 0.1) is 0 Å². The van der Waals surface area contributed by atoms with Crippen molar-refractivity contribution < 1.29 is 9.84 Å². The monoisotopic (exact) mass is 385 g/mol. The van der Waals surface area contributed by atoms with E-state index in [9.17, 15) is 5.11 Å². The molecule has 4 aromatic rings. The second kappa shape index (κ2) is 8.71. The zero-order chi connectivity index (χ0) is 20.1. The van der Waals surface area contributed by atoms with Gasteiger partial charge in [0.05, 0.1) is 18.2 Å². The van der Waals surface area contributed by atoms with Gasteiger partial charge in [0, 0.05) is 5.92 Å². The van der Waals surface area contributed by atoms with Gasteiger partial charge in [-0.05, 0) is 36.3 Å². The predicted octanol–water partition coefficient (Wildman–Crippen LogP) is 4.78. The lowest BCUT2D eigenvalue weighted by molar-refractivity contribution is 0.160. The van der Waals surface area contributed by atoms with Crippen LogP contribution in [0.15, 0.2) is 91.0 Å². The summed E-state index contributed by atoms with van der Waals surface area (Å²) in [5.74, 6) is 0.230. The summed E-state index contributed by atoms with van der Waals surface area (Å²) in [4.78, 5) is 0. The molecule has 0 aliphatic carbocycles. The van der Waals surface area contributed by atoms with Crippen LogP contribution in [0.1, 0.15) is 30.1 Å². The van der Waals surface area contributed by atoms with Crippen LogP contribution in [-0.2, 0) is 4.74 Å². The van der Waals surface area contributed by atoms with Crippen molar-refractivity contribution >= 4 is 16.9 Å². The van der Waals surface area contributed by atoms with Gasteiger partial charge in [0.15, 0.2) is 0 Å². The Kier molecular flexibility index (Phi) is 5.68. The number of aliphatic hydroxyl groups is 1. The van der Waals surface area contributed by atoms with Crippen molar-refractivity contribution in [2.24, 2.45) is 0 Å². The number of benzene rings is 3. The minimum atomic E-state index is -0.733. The Balaban J connectivity index is 1.82. The Bertz CT molecular complexity index is 1090. The molecule has 0 fully saturated rings. The van der Waals surface area contributed by atoms with E-state index in [-0.39, 0.29) is 5.92 Å². The molecule has 1 aromatic heterocycles. The summed E-state index contributed by atoms with van der Waals surface area (Å²) in [6.07, 6.45) is 1.20. The lowest BCUT2D eigenvalue weighted by atomic mass is 9.89. The van der Waals surface area contributed by atoms with Crippen LogP contribution < -0.4 is 0 Å². The van der Waals surface area contributed by atoms with Crippen molar-refractivity contribution in [2.45, 2.75) is 18.9 Å². The number of ether oxygens (including phenoxy) is 1. The number of hydrogen-bond acceptors (Lipinski definition) is 4. The third-order valence-electron chi connectivity index (χ3n) is 4.84. The Morgan fingerprint density at radius 1 is 0.931 bits per heavy atom. The predicted molar refractivity (Wildman–Crippen MR) is 114 cm³/mol. The lowest BCUT2D eigenvalue weighted by Crippen LogP contribution is -2.12. The number of hydrogen-bond donors (Lipinski definition) is 1. The normalized spacial score (nSPS) is 13.9. The molecule has 4 rings (SSSR count). The van der Waals surface area contributed by atoms with E-state index in [0.717, 1.165) is 22.2 Å². The van der Waals surface area contributed by atoms with Gasteiger partial charge in [-0.15, -0.1) is 5.10 Å². The van der Waals surface area contributed by atoms with Gasteiger partial charge in [-0.3, -0.25) is 0 Å². The van der Waals surface area contributed by atoms with E-state index in [0.29, 0.717) is 12.5 Å². The van der Waals surface area contributed by atoms with Crippen LogP contribution in [0.4, 0.5) is 0 Å². The van der Waals surface area contributed by atoms with Crippen molar-refractivity contribution in [3.63, 3.8) is 0 Å². The summed E-state index contributed by atoms with van der Waals surface area (Å²) in [6.45, 7) is 2.40. The van der Waals surface area contributed by atoms with Crippen LogP contribution in [-0.4, -0.2) is 26.7 Å². The maximum atomic E-state index is 11.2. The van der Waals surface area contributed by atoms with Crippen LogP contribution in [0.25, 0.3) is 16.9 Å². The van der Waals surface area contributed by atoms with Gasteiger partial charge in [0.2, 0.25) is 5.88 Å². The minimum absolute atomic E-state index is 0.317. The molecule has 2 atom stereocenters. The molecule has 0 saturated heterocycles. The molecule has 0 amide bonds. The molecule has 0 aliphatic heterocycles. The van der Waals surface area contributed by atoms with Gasteiger partial charge >= 0.3 is 0 Å². The van der Waals surface area contributed by atoms with Gasteiger partial charge in [-0.2, -0.15) is 4.68 Å². The van der Waals surface area contributed by atoms with E-state index >= 15 is 0 Å². The first kappa shape index (κ1) is 18.9. The first-order valence-corrected chi connectivity index (χ1v) is 9.71. The number of aliphatic hydroxyl groups excluding tert-OH is 1. The highest BCUT2D eigenvalue weighted by Gasteiger charge is 2.23. The number of aromatic nitrogens is 3. The van der Waals surface area contributed by atoms with E-state index in [1.807, 2.05) is 97.9 Å². The van der Waals surface area contributed by atoms with E-state index in [1.54, 1.807) is 4.68 Å². The first-order valence-electron chi connectivity index (χ1n) is 9.71. The summed E-state index contributed by atoms with van der Waals surface area (Å²) in [6, 6.07) is 27.3. The fourth-order valence-electron chi connectivity index (χ4n) is 3.42. The largest absolute Gasteiger partial charge is 0.478 e. The minimum Gasteiger partial charge on any atom is -0.478 e. The molecule has 0 bridgehead atoms. The van der Waals surface area contributed by atoms with Gasteiger partial charge in [-0.1, -0.05) is 78.0 Å². The molecule has 5 heteroatoms. The van der Waals surface area contributed by atoms with E-state index in [4.69, 9.17) is 4.74 Å².